The van der Waals surface area contributed by atoms with Crippen molar-refractivity contribution >= 4 is 27.3 Å². The third-order valence-corrected chi connectivity index (χ3v) is 4.56. The first kappa shape index (κ1) is 12.8. The SMILES string of the molecule is Cc1ccccc1C(C)NCc1cc(Br)cs1. The first-order valence-corrected chi connectivity index (χ1v) is 7.36. The van der Waals surface area contributed by atoms with Crippen LogP contribution in [0.4, 0.5) is 0 Å². The first-order valence-electron chi connectivity index (χ1n) is 5.68. The fourth-order valence-electron chi connectivity index (χ4n) is 1.88. The van der Waals surface area contributed by atoms with Crippen LogP contribution in [-0.2, 0) is 6.54 Å². The Kier molecular flexibility index (Phi) is 4.37. The maximum atomic E-state index is 3.56. The third kappa shape index (κ3) is 3.41. The van der Waals surface area contributed by atoms with E-state index in [1.807, 2.05) is 0 Å². The van der Waals surface area contributed by atoms with Crippen molar-refractivity contribution in [2.24, 2.45) is 0 Å². The molecule has 1 unspecified atom stereocenters. The van der Waals surface area contributed by atoms with Crippen LogP contribution in [0, 0.1) is 6.92 Å². The number of benzene rings is 1. The summed E-state index contributed by atoms with van der Waals surface area (Å²) >= 11 is 5.26. The van der Waals surface area contributed by atoms with Gasteiger partial charge in [-0.2, -0.15) is 0 Å². The minimum atomic E-state index is 0.386. The van der Waals surface area contributed by atoms with Gasteiger partial charge in [-0.25, -0.2) is 0 Å². The third-order valence-electron chi connectivity index (χ3n) is 2.86. The van der Waals surface area contributed by atoms with E-state index >= 15 is 0 Å². The molecule has 0 bridgehead atoms. The second-order valence-corrected chi connectivity index (χ2v) is 6.10. The van der Waals surface area contributed by atoms with Gasteiger partial charge in [0, 0.05) is 27.3 Å². The first-order chi connectivity index (χ1) is 8.16. The smallest absolute Gasteiger partial charge is 0.0305 e. The van der Waals surface area contributed by atoms with E-state index in [0.717, 1.165) is 6.54 Å². The van der Waals surface area contributed by atoms with Gasteiger partial charge in [-0.1, -0.05) is 24.3 Å². The van der Waals surface area contributed by atoms with Gasteiger partial charge in [-0.3, -0.25) is 0 Å². The number of rotatable bonds is 4. The number of hydrogen-bond donors (Lipinski definition) is 1. The topological polar surface area (TPSA) is 12.0 Å². The quantitative estimate of drug-likeness (QED) is 0.865. The summed E-state index contributed by atoms with van der Waals surface area (Å²) in [4.78, 5) is 1.36. The highest BCUT2D eigenvalue weighted by atomic mass is 79.9. The molecule has 1 aromatic heterocycles. The monoisotopic (exact) mass is 309 g/mol. The van der Waals surface area contributed by atoms with Crippen molar-refractivity contribution in [2.45, 2.75) is 26.4 Å². The molecular weight excluding hydrogens is 294 g/mol. The molecule has 0 amide bonds. The summed E-state index contributed by atoms with van der Waals surface area (Å²) < 4.78 is 1.17. The fraction of sp³-hybridized carbons (Fsp3) is 0.286. The van der Waals surface area contributed by atoms with E-state index < -0.39 is 0 Å². The summed E-state index contributed by atoms with van der Waals surface area (Å²) in [5, 5.41) is 5.68. The van der Waals surface area contributed by atoms with Gasteiger partial charge in [-0.05, 0) is 47.0 Å². The summed E-state index contributed by atoms with van der Waals surface area (Å²) in [6, 6.07) is 11.1. The molecule has 1 heterocycles. The zero-order valence-electron chi connectivity index (χ0n) is 10.0. The van der Waals surface area contributed by atoms with Gasteiger partial charge < -0.3 is 5.32 Å². The highest BCUT2D eigenvalue weighted by molar-refractivity contribution is 9.10. The molecule has 0 aliphatic rings. The standard InChI is InChI=1S/C14H16BrNS/c1-10-5-3-4-6-14(10)11(2)16-8-13-7-12(15)9-17-13/h3-7,9,11,16H,8H2,1-2H3. The van der Waals surface area contributed by atoms with Crippen LogP contribution in [0.15, 0.2) is 40.2 Å². The lowest BCUT2D eigenvalue weighted by molar-refractivity contribution is 0.576. The van der Waals surface area contributed by atoms with Crippen molar-refractivity contribution in [1.29, 1.82) is 0 Å². The zero-order valence-corrected chi connectivity index (χ0v) is 12.4. The average Bonchev–Trinajstić information content (AvgIpc) is 2.73. The Bertz CT molecular complexity index is 492. The summed E-state index contributed by atoms with van der Waals surface area (Å²) in [6.45, 7) is 5.30. The lowest BCUT2D eigenvalue weighted by Crippen LogP contribution is -2.18. The van der Waals surface area contributed by atoms with Crippen molar-refractivity contribution in [2.75, 3.05) is 0 Å². The van der Waals surface area contributed by atoms with Crippen molar-refractivity contribution in [1.82, 2.24) is 5.32 Å². The molecule has 1 atom stereocenters. The predicted octanol–water partition coefficient (Wildman–Crippen LogP) is 4.67. The van der Waals surface area contributed by atoms with Crippen molar-refractivity contribution in [3.63, 3.8) is 0 Å². The van der Waals surface area contributed by atoms with Crippen LogP contribution in [0.5, 0.6) is 0 Å². The molecule has 1 N–H and O–H groups in total. The van der Waals surface area contributed by atoms with Crippen LogP contribution < -0.4 is 5.32 Å². The Hall–Kier alpha value is -0.640. The van der Waals surface area contributed by atoms with E-state index in [1.165, 1.54) is 20.5 Å². The molecule has 0 aliphatic heterocycles. The van der Waals surface area contributed by atoms with Crippen molar-refractivity contribution in [3.8, 4) is 0 Å². The number of aryl methyl sites for hydroxylation is 1. The van der Waals surface area contributed by atoms with Gasteiger partial charge >= 0.3 is 0 Å². The molecule has 0 spiro atoms. The molecule has 17 heavy (non-hydrogen) atoms. The molecule has 90 valence electrons. The molecular formula is C14H16BrNS. The van der Waals surface area contributed by atoms with Crippen molar-refractivity contribution in [3.05, 3.63) is 56.2 Å². The van der Waals surface area contributed by atoms with Gasteiger partial charge in [0.2, 0.25) is 0 Å². The van der Waals surface area contributed by atoms with Gasteiger partial charge in [0.05, 0.1) is 0 Å². The Morgan fingerprint density at radius 2 is 2.12 bits per heavy atom. The van der Waals surface area contributed by atoms with Gasteiger partial charge in [0.25, 0.3) is 0 Å². The summed E-state index contributed by atoms with van der Waals surface area (Å²) in [7, 11) is 0. The summed E-state index contributed by atoms with van der Waals surface area (Å²) in [5.74, 6) is 0. The molecule has 3 heteroatoms. The van der Waals surface area contributed by atoms with Crippen molar-refractivity contribution < 1.29 is 0 Å². The van der Waals surface area contributed by atoms with Crippen LogP contribution >= 0.6 is 27.3 Å². The van der Waals surface area contributed by atoms with Crippen LogP contribution in [0.25, 0.3) is 0 Å². The van der Waals surface area contributed by atoms with Gasteiger partial charge in [0.1, 0.15) is 0 Å². The predicted molar refractivity (Wildman–Crippen MR) is 78.5 cm³/mol. The fourth-order valence-corrected chi connectivity index (χ4v) is 3.28. The molecule has 0 saturated carbocycles. The molecule has 0 fully saturated rings. The number of halogens is 1. The normalized spacial score (nSPS) is 12.6. The number of nitrogens with one attached hydrogen (secondary N) is 1. The summed E-state index contributed by atoms with van der Waals surface area (Å²) in [5.41, 5.74) is 2.72. The lowest BCUT2D eigenvalue weighted by Gasteiger charge is -2.15. The Morgan fingerprint density at radius 3 is 2.76 bits per heavy atom. The number of hydrogen-bond acceptors (Lipinski definition) is 2. The maximum Gasteiger partial charge on any atom is 0.0305 e. The highest BCUT2D eigenvalue weighted by Gasteiger charge is 2.07. The van der Waals surface area contributed by atoms with E-state index in [1.54, 1.807) is 11.3 Å². The molecule has 0 saturated heterocycles. The molecule has 1 aromatic carbocycles. The Labute approximate surface area is 115 Å². The van der Waals surface area contributed by atoms with E-state index in [0.29, 0.717) is 6.04 Å². The lowest BCUT2D eigenvalue weighted by atomic mass is 10.0. The average molecular weight is 310 g/mol. The Balaban J connectivity index is 1.98. The largest absolute Gasteiger partial charge is 0.305 e. The maximum absolute atomic E-state index is 3.56. The Morgan fingerprint density at radius 1 is 1.35 bits per heavy atom. The molecule has 1 nitrogen and oxygen atoms in total. The van der Waals surface area contributed by atoms with Crippen LogP contribution in [0.1, 0.15) is 29.0 Å². The second kappa shape index (κ2) is 5.80. The van der Waals surface area contributed by atoms with Crippen LogP contribution in [-0.4, -0.2) is 0 Å². The summed E-state index contributed by atoms with van der Waals surface area (Å²) in [6.07, 6.45) is 0. The van der Waals surface area contributed by atoms with E-state index in [4.69, 9.17) is 0 Å². The molecule has 0 aliphatic carbocycles. The zero-order chi connectivity index (χ0) is 12.3. The minimum absolute atomic E-state index is 0.386. The number of thiophene rings is 1. The highest BCUT2D eigenvalue weighted by Crippen LogP contribution is 2.21. The van der Waals surface area contributed by atoms with E-state index in [9.17, 15) is 0 Å². The van der Waals surface area contributed by atoms with Gasteiger partial charge in [-0.15, -0.1) is 11.3 Å². The second-order valence-electron chi connectivity index (χ2n) is 4.19. The van der Waals surface area contributed by atoms with E-state index in [-0.39, 0.29) is 0 Å². The van der Waals surface area contributed by atoms with Crippen LogP contribution in [0.3, 0.4) is 0 Å². The molecule has 0 radical (unpaired) electrons. The minimum Gasteiger partial charge on any atom is -0.305 e. The van der Waals surface area contributed by atoms with Gasteiger partial charge in [0.15, 0.2) is 0 Å². The molecule has 2 rings (SSSR count). The molecule has 2 aromatic rings. The van der Waals surface area contributed by atoms with Crippen LogP contribution in [0.2, 0.25) is 0 Å². The van der Waals surface area contributed by atoms with E-state index in [2.05, 4.69) is 70.8 Å².